The molecule has 0 heterocycles. The molecule has 0 aromatic rings. The maximum atomic E-state index is 13.0. The van der Waals surface area contributed by atoms with Gasteiger partial charge in [-0.1, -0.05) is 0 Å². The highest BCUT2D eigenvalue weighted by atomic mass is 19.4. The molecule has 2 atom stereocenters. The molecule has 76 valence electrons. The highest BCUT2D eigenvalue weighted by Crippen LogP contribution is 2.48. The van der Waals surface area contributed by atoms with E-state index < -0.39 is 36.6 Å². The van der Waals surface area contributed by atoms with E-state index in [9.17, 15) is 22.4 Å². The van der Waals surface area contributed by atoms with Crippen LogP contribution in [0.25, 0.3) is 0 Å². The largest absolute Gasteiger partial charge is 0.481 e. The van der Waals surface area contributed by atoms with Crippen LogP contribution in [0, 0.1) is 5.92 Å². The molecule has 0 saturated heterocycles. The van der Waals surface area contributed by atoms with Crippen molar-refractivity contribution < 1.29 is 27.5 Å². The summed E-state index contributed by atoms with van der Waals surface area (Å²) in [6.45, 7) is 0. The first kappa shape index (κ1) is 10.3. The Labute approximate surface area is 71.5 Å². The predicted molar refractivity (Wildman–Crippen MR) is 34.9 cm³/mol. The van der Waals surface area contributed by atoms with Gasteiger partial charge in [-0.2, -0.15) is 13.2 Å². The fourth-order valence-electron chi connectivity index (χ4n) is 1.47. The topological polar surface area (TPSA) is 37.3 Å². The van der Waals surface area contributed by atoms with Crippen LogP contribution in [0.1, 0.15) is 19.3 Å². The number of carboxylic acid groups (broad SMARTS) is 1. The van der Waals surface area contributed by atoms with E-state index in [0.29, 0.717) is 0 Å². The number of hydrogen-bond acceptors (Lipinski definition) is 1. The Kier molecular flexibility index (Phi) is 2.25. The first-order valence-electron chi connectivity index (χ1n) is 3.75. The molecule has 1 saturated carbocycles. The van der Waals surface area contributed by atoms with Crippen LogP contribution in [0.15, 0.2) is 0 Å². The van der Waals surface area contributed by atoms with E-state index in [1.807, 2.05) is 0 Å². The molecule has 0 aromatic carbocycles. The van der Waals surface area contributed by atoms with Gasteiger partial charge < -0.3 is 5.11 Å². The lowest BCUT2D eigenvalue weighted by Crippen LogP contribution is -2.38. The van der Waals surface area contributed by atoms with Crippen LogP contribution in [-0.4, -0.2) is 22.9 Å². The number of hydrogen-bond donors (Lipinski definition) is 1. The number of carbonyl (C=O) groups is 1. The van der Waals surface area contributed by atoms with Gasteiger partial charge in [0.1, 0.15) is 0 Å². The third kappa shape index (κ3) is 1.76. The van der Waals surface area contributed by atoms with Crippen molar-refractivity contribution in [2.75, 3.05) is 0 Å². The third-order valence-corrected chi connectivity index (χ3v) is 2.32. The van der Waals surface area contributed by atoms with E-state index >= 15 is 0 Å². The summed E-state index contributed by atoms with van der Waals surface area (Å²) in [6.07, 6.45) is -6.89. The molecule has 1 aliphatic rings. The molecular formula is C7H8F4O2. The first-order chi connectivity index (χ1) is 5.76. The molecule has 1 rings (SSSR count). The van der Waals surface area contributed by atoms with Crippen molar-refractivity contribution in [3.8, 4) is 0 Å². The molecule has 1 aliphatic carbocycles. The summed E-state index contributed by atoms with van der Waals surface area (Å²) in [4.78, 5) is 10.3. The maximum Gasteiger partial charge on any atom is 0.422 e. The molecule has 6 heteroatoms. The van der Waals surface area contributed by atoms with Gasteiger partial charge in [-0.05, 0) is 12.8 Å². The van der Waals surface area contributed by atoms with Crippen LogP contribution in [0.4, 0.5) is 17.6 Å². The number of alkyl halides is 4. The molecule has 0 radical (unpaired) electrons. The average Bonchev–Trinajstić information content (AvgIpc) is 2.31. The van der Waals surface area contributed by atoms with Crippen molar-refractivity contribution in [3.63, 3.8) is 0 Å². The Morgan fingerprint density at radius 2 is 2.00 bits per heavy atom. The highest BCUT2D eigenvalue weighted by molar-refractivity contribution is 5.70. The summed E-state index contributed by atoms with van der Waals surface area (Å²) in [5.74, 6) is -2.56. The molecule has 0 aromatic heterocycles. The maximum absolute atomic E-state index is 13.0. The Bertz CT molecular complexity index is 225. The highest BCUT2D eigenvalue weighted by Gasteiger charge is 2.60. The molecular weight excluding hydrogens is 192 g/mol. The summed E-state index contributed by atoms with van der Waals surface area (Å²) in [5, 5.41) is 8.38. The van der Waals surface area contributed by atoms with Gasteiger partial charge in [-0.25, -0.2) is 4.39 Å². The van der Waals surface area contributed by atoms with Crippen LogP contribution < -0.4 is 0 Å². The minimum absolute atomic E-state index is 0.245. The van der Waals surface area contributed by atoms with E-state index in [4.69, 9.17) is 5.11 Å². The minimum atomic E-state index is -4.95. The van der Waals surface area contributed by atoms with Gasteiger partial charge in [0.25, 0.3) is 0 Å². The summed E-state index contributed by atoms with van der Waals surface area (Å²) in [7, 11) is 0. The minimum Gasteiger partial charge on any atom is -0.481 e. The second-order valence-electron chi connectivity index (χ2n) is 3.24. The zero-order valence-electron chi connectivity index (χ0n) is 6.57. The van der Waals surface area contributed by atoms with Crippen molar-refractivity contribution in [1.82, 2.24) is 0 Å². The van der Waals surface area contributed by atoms with Gasteiger partial charge in [0, 0.05) is 6.42 Å². The lowest BCUT2D eigenvalue weighted by atomic mass is 10.0. The van der Waals surface area contributed by atoms with Crippen LogP contribution >= 0.6 is 0 Å². The van der Waals surface area contributed by atoms with Crippen LogP contribution in [0.5, 0.6) is 0 Å². The number of rotatable bonds is 1. The quantitative estimate of drug-likeness (QED) is 0.658. The Hall–Kier alpha value is -0.810. The fraction of sp³-hybridized carbons (Fsp3) is 0.857. The SMILES string of the molecule is O=C(O)C1CCC(F)(C(F)(F)F)C1. The van der Waals surface area contributed by atoms with Crippen molar-refractivity contribution in [2.24, 2.45) is 5.92 Å². The zero-order chi connectivity index (χ0) is 10.3. The number of carboxylic acids is 1. The van der Waals surface area contributed by atoms with E-state index in [1.165, 1.54) is 0 Å². The molecule has 0 spiro atoms. The predicted octanol–water partition coefficient (Wildman–Crippen LogP) is 2.14. The monoisotopic (exact) mass is 200 g/mol. The number of halogens is 4. The van der Waals surface area contributed by atoms with Crippen molar-refractivity contribution in [3.05, 3.63) is 0 Å². The molecule has 13 heavy (non-hydrogen) atoms. The molecule has 1 fully saturated rings. The van der Waals surface area contributed by atoms with E-state index in [0.717, 1.165) is 0 Å². The molecule has 0 aliphatic heterocycles. The molecule has 2 unspecified atom stereocenters. The summed E-state index contributed by atoms with van der Waals surface area (Å²) in [5.41, 5.74) is -3.30. The second-order valence-corrected chi connectivity index (χ2v) is 3.24. The summed E-state index contributed by atoms with van der Waals surface area (Å²) in [6, 6.07) is 0. The lowest BCUT2D eigenvalue weighted by Gasteiger charge is -2.22. The van der Waals surface area contributed by atoms with Crippen LogP contribution in [-0.2, 0) is 4.79 Å². The van der Waals surface area contributed by atoms with Gasteiger partial charge in [0.15, 0.2) is 0 Å². The third-order valence-electron chi connectivity index (χ3n) is 2.32. The van der Waals surface area contributed by atoms with Crippen molar-refractivity contribution >= 4 is 5.97 Å². The van der Waals surface area contributed by atoms with E-state index in [2.05, 4.69) is 0 Å². The van der Waals surface area contributed by atoms with Gasteiger partial charge in [0.05, 0.1) is 5.92 Å². The van der Waals surface area contributed by atoms with Crippen molar-refractivity contribution in [1.29, 1.82) is 0 Å². The van der Waals surface area contributed by atoms with Crippen molar-refractivity contribution in [2.45, 2.75) is 31.1 Å². The van der Waals surface area contributed by atoms with E-state index in [-0.39, 0.29) is 6.42 Å². The molecule has 0 amide bonds. The fourth-order valence-corrected chi connectivity index (χ4v) is 1.47. The molecule has 0 bridgehead atoms. The van der Waals surface area contributed by atoms with Gasteiger partial charge in [0.2, 0.25) is 5.67 Å². The van der Waals surface area contributed by atoms with Gasteiger partial charge >= 0.3 is 12.1 Å². The standard InChI is InChI=1S/C7H8F4O2/c8-6(7(9,10)11)2-1-4(3-6)5(12)13/h4H,1-3H2,(H,12,13). The Morgan fingerprint density at radius 3 is 2.23 bits per heavy atom. The molecule has 2 nitrogen and oxygen atoms in total. The Morgan fingerprint density at radius 1 is 1.46 bits per heavy atom. The van der Waals surface area contributed by atoms with Gasteiger partial charge in [-0.3, -0.25) is 4.79 Å². The van der Waals surface area contributed by atoms with Gasteiger partial charge in [-0.15, -0.1) is 0 Å². The normalized spacial score (nSPS) is 34.9. The Balaban J connectivity index is 2.72. The average molecular weight is 200 g/mol. The smallest absolute Gasteiger partial charge is 0.422 e. The zero-order valence-corrected chi connectivity index (χ0v) is 6.57. The number of aliphatic carboxylic acids is 1. The summed E-state index contributed by atoms with van der Waals surface area (Å²) >= 11 is 0. The second kappa shape index (κ2) is 2.85. The van der Waals surface area contributed by atoms with Crippen LogP contribution in [0.3, 0.4) is 0 Å². The molecule has 1 N–H and O–H groups in total. The summed E-state index contributed by atoms with van der Waals surface area (Å²) < 4.78 is 49.1. The van der Waals surface area contributed by atoms with Crippen LogP contribution in [0.2, 0.25) is 0 Å². The first-order valence-corrected chi connectivity index (χ1v) is 3.75. The lowest BCUT2D eigenvalue weighted by molar-refractivity contribution is -0.228. The van der Waals surface area contributed by atoms with E-state index in [1.54, 1.807) is 0 Å².